The van der Waals surface area contributed by atoms with Crippen molar-refractivity contribution in [3.05, 3.63) is 16.1 Å². The summed E-state index contributed by atoms with van der Waals surface area (Å²) < 4.78 is 0. The Labute approximate surface area is 130 Å². The van der Waals surface area contributed by atoms with Gasteiger partial charge < -0.3 is 10.2 Å². The lowest BCUT2D eigenvalue weighted by atomic mass is 10.1. The quantitative estimate of drug-likeness (QED) is 0.688. The molecule has 1 aromatic heterocycles. The minimum absolute atomic E-state index is 0.699. The van der Waals surface area contributed by atoms with E-state index in [-0.39, 0.29) is 0 Å². The molecule has 2 rings (SSSR count). The standard InChI is InChI=1S/C14H24N4S2/c1-10(2)12-8-18(5-6-19-12)14(15-4)16-7-13-17-11(3)9-20-13/h9-10,12H,5-8H2,1-4H3,(H,15,16). The predicted molar refractivity (Wildman–Crippen MR) is 89.7 cm³/mol. The summed E-state index contributed by atoms with van der Waals surface area (Å²) in [6.45, 7) is 9.56. The van der Waals surface area contributed by atoms with Gasteiger partial charge in [0, 0.05) is 42.2 Å². The van der Waals surface area contributed by atoms with Crippen molar-refractivity contribution in [3.8, 4) is 0 Å². The van der Waals surface area contributed by atoms with Crippen molar-refractivity contribution in [2.24, 2.45) is 10.9 Å². The summed E-state index contributed by atoms with van der Waals surface area (Å²) in [7, 11) is 1.86. The average Bonchev–Trinajstić information content (AvgIpc) is 2.85. The summed E-state index contributed by atoms with van der Waals surface area (Å²) >= 11 is 3.79. The Bertz CT molecular complexity index is 456. The van der Waals surface area contributed by atoms with Gasteiger partial charge in [0.15, 0.2) is 5.96 Å². The number of aryl methyl sites for hydroxylation is 1. The van der Waals surface area contributed by atoms with Gasteiger partial charge in [0.1, 0.15) is 5.01 Å². The first-order valence-corrected chi connectivity index (χ1v) is 9.01. The molecule has 0 spiro atoms. The second kappa shape index (κ2) is 7.31. The van der Waals surface area contributed by atoms with Gasteiger partial charge in [-0.3, -0.25) is 4.99 Å². The fourth-order valence-electron chi connectivity index (χ4n) is 2.24. The summed E-state index contributed by atoms with van der Waals surface area (Å²) in [4.78, 5) is 11.3. The van der Waals surface area contributed by atoms with E-state index in [0.29, 0.717) is 11.2 Å². The highest BCUT2D eigenvalue weighted by molar-refractivity contribution is 8.00. The van der Waals surface area contributed by atoms with Crippen molar-refractivity contribution in [2.45, 2.75) is 32.6 Å². The van der Waals surface area contributed by atoms with Crippen LogP contribution in [0.3, 0.4) is 0 Å². The van der Waals surface area contributed by atoms with Gasteiger partial charge in [0.2, 0.25) is 0 Å². The molecule has 1 aliphatic heterocycles. The van der Waals surface area contributed by atoms with Crippen LogP contribution in [0.4, 0.5) is 0 Å². The van der Waals surface area contributed by atoms with E-state index in [4.69, 9.17) is 0 Å². The van der Waals surface area contributed by atoms with Crippen molar-refractivity contribution in [2.75, 3.05) is 25.9 Å². The largest absolute Gasteiger partial charge is 0.350 e. The van der Waals surface area contributed by atoms with E-state index >= 15 is 0 Å². The number of nitrogens with one attached hydrogen (secondary N) is 1. The van der Waals surface area contributed by atoms with E-state index in [0.717, 1.165) is 36.3 Å². The molecule has 112 valence electrons. The maximum absolute atomic E-state index is 4.48. The molecule has 1 aromatic rings. The molecule has 0 aromatic carbocycles. The van der Waals surface area contributed by atoms with Gasteiger partial charge in [0.05, 0.1) is 6.54 Å². The van der Waals surface area contributed by atoms with Crippen molar-refractivity contribution in [3.63, 3.8) is 0 Å². The van der Waals surface area contributed by atoms with Crippen LogP contribution >= 0.6 is 23.1 Å². The molecule has 6 heteroatoms. The zero-order valence-electron chi connectivity index (χ0n) is 12.7. The number of hydrogen-bond donors (Lipinski definition) is 1. The van der Waals surface area contributed by atoms with Gasteiger partial charge in [-0.1, -0.05) is 13.8 Å². The lowest BCUT2D eigenvalue weighted by molar-refractivity contribution is 0.380. The summed E-state index contributed by atoms with van der Waals surface area (Å²) in [5.74, 6) is 2.89. The Kier molecular flexibility index (Phi) is 5.72. The SMILES string of the molecule is CN=C(NCc1nc(C)cs1)N1CCSC(C(C)C)C1. The smallest absolute Gasteiger partial charge is 0.194 e. The normalized spacial score (nSPS) is 20.6. The summed E-state index contributed by atoms with van der Waals surface area (Å²) in [5, 5.41) is 7.35. The first kappa shape index (κ1) is 15.6. The molecule has 1 fully saturated rings. The van der Waals surface area contributed by atoms with Crippen LogP contribution in [0.25, 0.3) is 0 Å². The molecule has 0 radical (unpaired) electrons. The highest BCUT2D eigenvalue weighted by Gasteiger charge is 2.24. The molecule has 0 bridgehead atoms. The maximum Gasteiger partial charge on any atom is 0.194 e. The van der Waals surface area contributed by atoms with Crippen molar-refractivity contribution < 1.29 is 0 Å². The van der Waals surface area contributed by atoms with Crippen LogP contribution in [0.5, 0.6) is 0 Å². The first-order valence-electron chi connectivity index (χ1n) is 7.08. The van der Waals surface area contributed by atoms with Crippen molar-refractivity contribution in [1.29, 1.82) is 0 Å². The zero-order chi connectivity index (χ0) is 14.5. The van der Waals surface area contributed by atoms with Crippen molar-refractivity contribution in [1.82, 2.24) is 15.2 Å². The summed E-state index contributed by atoms with van der Waals surface area (Å²) in [6.07, 6.45) is 0. The zero-order valence-corrected chi connectivity index (χ0v) is 14.4. The van der Waals surface area contributed by atoms with Crippen molar-refractivity contribution >= 4 is 29.1 Å². The van der Waals surface area contributed by atoms with Crippen LogP contribution < -0.4 is 5.32 Å². The molecule has 2 heterocycles. The average molecular weight is 313 g/mol. The van der Waals surface area contributed by atoms with Crippen LogP contribution in [0.15, 0.2) is 10.4 Å². The Morgan fingerprint density at radius 2 is 2.40 bits per heavy atom. The fraction of sp³-hybridized carbons (Fsp3) is 0.714. The van der Waals surface area contributed by atoms with E-state index in [1.54, 1.807) is 11.3 Å². The van der Waals surface area contributed by atoms with E-state index in [2.05, 4.69) is 51.2 Å². The topological polar surface area (TPSA) is 40.5 Å². The lowest BCUT2D eigenvalue weighted by Crippen LogP contribution is -2.48. The minimum Gasteiger partial charge on any atom is -0.350 e. The molecule has 0 amide bonds. The number of aromatic nitrogens is 1. The van der Waals surface area contributed by atoms with Crippen LogP contribution in [0, 0.1) is 12.8 Å². The van der Waals surface area contributed by atoms with Crippen LogP contribution in [0.1, 0.15) is 24.5 Å². The highest BCUT2D eigenvalue weighted by Crippen LogP contribution is 2.24. The minimum atomic E-state index is 0.699. The third kappa shape index (κ3) is 4.12. The molecule has 4 nitrogen and oxygen atoms in total. The fourth-order valence-corrected chi connectivity index (χ4v) is 4.25. The number of guanidine groups is 1. The van der Waals surface area contributed by atoms with Gasteiger partial charge in [0.25, 0.3) is 0 Å². The Hall–Kier alpha value is -0.750. The van der Waals surface area contributed by atoms with Crippen LogP contribution in [-0.2, 0) is 6.54 Å². The molecule has 0 aliphatic carbocycles. The molecular weight excluding hydrogens is 288 g/mol. The van der Waals surface area contributed by atoms with E-state index in [9.17, 15) is 0 Å². The van der Waals surface area contributed by atoms with Gasteiger partial charge in [-0.2, -0.15) is 11.8 Å². The second-order valence-electron chi connectivity index (χ2n) is 5.38. The number of thiazole rings is 1. The molecule has 1 N–H and O–H groups in total. The maximum atomic E-state index is 4.48. The summed E-state index contributed by atoms with van der Waals surface area (Å²) in [6, 6.07) is 0. The third-order valence-electron chi connectivity index (χ3n) is 3.41. The van der Waals surface area contributed by atoms with E-state index in [1.165, 1.54) is 5.75 Å². The molecule has 1 aliphatic rings. The highest BCUT2D eigenvalue weighted by atomic mass is 32.2. The monoisotopic (exact) mass is 312 g/mol. The predicted octanol–water partition coefficient (Wildman–Crippen LogP) is 2.60. The Morgan fingerprint density at radius 1 is 1.60 bits per heavy atom. The van der Waals surface area contributed by atoms with Crippen LogP contribution in [-0.4, -0.2) is 47.0 Å². The second-order valence-corrected chi connectivity index (χ2v) is 7.67. The lowest BCUT2D eigenvalue weighted by Gasteiger charge is -2.36. The van der Waals surface area contributed by atoms with Gasteiger partial charge >= 0.3 is 0 Å². The molecular formula is C14H24N4S2. The van der Waals surface area contributed by atoms with E-state index in [1.807, 2.05) is 14.0 Å². The number of nitrogens with zero attached hydrogens (tertiary/aromatic N) is 3. The number of rotatable bonds is 3. The summed E-state index contributed by atoms with van der Waals surface area (Å²) in [5.41, 5.74) is 1.09. The van der Waals surface area contributed by atoms with E-state index < -0.39 is 0 Å². The Balaban J connectivity index is 1.91. The number of hydrogen-bond acceptors (Lipinski definition) is 4. The molecule has 1 saturated heterocycles. The molecule has 1 unspecified atom stereocenters. The molecule has 20 heavy (non-hydrogen) atoms. The van der Waals surface area contributed by atoms with Gasteiger partial charge in [-0.15, -0.1) is 11.3 Å². The Morgan fingerprint density at radius 3 is 3.00 bits per heavy atom. The number of aliphatic imine (C=N–C) groups is 1. The van der Waals surface area contributed by atoms with Crippen LogP contribution in [0.2, 0.25) is 0 Å². The molecule has 0 saturated carbocycles. The van der Waals surface area contributed by atoms with Gasteiger partial charge in [-0.25, -0.2) is 4.98 Å². The van der Waals surface area contributed by atoms with Gasteiger partial charge in [-0.05, 0) is 12.8 Å². The molecule has 1 atom stereocenters. The third-order valence-corrected chi connectivity index (χ3v) is 5.92. The first-order chi connectivity index (χ1) is 9.60. The number of thioether (sulfide) groups is 1.